The summed E-state index contributed by atoms with van der Waals surface area (Å²) in [6.07, 6.45) is 3.96. The first kappa shape index (κ1) is 8.59. The minimum Gasteiger partial charge on any atom is -0.387 e. The van der Waals surface area contributed by atoms with Crippen molar-refractivity contribution in [1.29, 1.82) is 0 Å². The lowest BCUT2D eigenvalue weighted by Gasteiger charge is -2.18. The molecule has 0 saturated carbocycles. The third-order valence-electron chi connectivity index (χ3n) is 2.06. The molecule has 0 aliphatic carbocycles. The maximum absolute atomic E-state index is 5.63. The molecule has 0 bridgehead atoms. The molecule has 3 nitrogen and oxygen atoms in total. The highest BCUT2D eigenvalue weighted by Gasteiger charge is 2.10. The predicted octanol–water partition coefficient (Wildman–Crippen LogP) is 1.75. The summed E-state index contributed by atoms with van der Waals surface area (Å²) in [5.74, 6) is 5.63. The van der Waals surface area contributed by atoms with Crippen molar-refractivity contribution in [3.63, 3.8) is 0 Å². The van der Waals surface area contributed by atoms with Crippen molar-refractivity contribution in [1.82, 2.24) is 5.32 Å². The standard InChI is InChI=1S/C9H10BrN3/c10-13(11)9-3-1-2-7-6-12-5-4-8(7)9/h1-5,12H,6,11H2. The van der Waals surface area contributed by atoms with Crippen molar-refractivity contribution in [2.24, 2.45) is 5.84 Å². The molecule has 2 rings (SSSR count). The van der Waals surface area contributed by atoms with Gasteiger partial charge in [-0.1, -0.05) is 12.1 Å². The van der Waals surface area contributed by atoms with Crippen molar-refractivity contribution in [3.8, 4) is 0 Å². The molecule has 1 aliphatic heterocycles. The van der Waals surface area contributed by atoms with E-state index < -0.39 is 0 Å². The summed E-state index contributed by atoms with van der Waals surface area (Å²) < 4.78 is 1.46. The maximum Gasteiger partial charge on any atom is 0.0722 e. The highest BCUT2D eigenvalue weighted by atomic mass is 79.9. The first-order chi connectivity index (χ1) is 6.29. The van der Waals surface area contributed by atoms with E-state index in [9.17, 15) is 0 Å². The summed E-state index contributed by atoms with van der Waals surface area (Å²) in [6.45, 7) is 0.862. The van der Waals surface area contributed by atoms with Gasteiger partial charge < -0.3 is 5.32 Å². The van der Waals surface area contributed by atoms with Crippen LogP contribution in [0.4, 0.5) is 5.69 Å². The molecule has 1 aromatic carbocycles. The molecule has 0 fully saturated rings. The number of hydrogen-bond donors (Lipinski definition) is 2. The summed E-state index contributed by atoms with van der Waals surface area (Å²) in [4.78, 5) is 0. The van der Waals surface area contributed by atoms with Crippen molar-refractivity contribution in [2.75, 3.05) is 4.03 Å². The fourth-order valence-electron chi connectivity index (χ4n) is 1.44. The van der Waals surface area contributed by atoms with Crippen molar-refractivity contribution < 1.29 is 0 Å². The van der Waals surface area contributed by atoms with E-state index in [0.29, 0.717) is 0 Å². The van der Waals surface area contributed by atoms with Gasteiger partial charge >= 0.3 is 0 Å². The van der Waals surface area contributed by atoms with Crippen molar-refractivity contribution >= 4 is 27.9 Å². The number of benzene rings is 1. The Kier molecular flexibility index (Phi) is 2.24. The quantitative estimate of drug-likeness (QED) is 0.446. The molecule has 0 radical (unpaired) electrons. The van der Waals surface area contributed by atoms with Gasteiger partial charge in [-0.15, -0.1) is 0 Å². The zero-order chi connectivity index (χ0) is 9.26. The second-order valence-corrected chi connectivity index (χ2v) is 3.64. The van der Waals surface area contributed by atoms with Crippen LogP contribution in [-0.4, -0.2) is 0 Å². The summed E-state index contributed by atoms with van der Waals surface area (Å²) >= 11 is 3.22. The Hall–Kier alpha value is -1.00. The van der Waals surface area contributed by atoms with E-state index in [1.165, 1.54) is 15.2 Å². The molecule has 3 N–H and O–H groups in total. The van der Waals surface area contributed by atoms with Crippen LogP contribution in [0, 0.1) is 0 Å². The number of hydrogen-bond acceptors (Lipinski definition) is 3. The Morgan fingerprint density at radius 3 is 3.08 bits per heavy atom. The van der Waals surface area contributed by atoms with Crippen LogP contribution in [0.5, 0.6) is 0 Å². The minimum absolute atomic E-state index is 0.862. The van der Waals surface area contributed by atoms with Crippen LogP contribution < -0.4 is 15.2 Å². The number of hydrazine groups is 1. The van der Waals surface area contributed by atoms with E-state index in [0.717, 1.165) is 12.2 Å². The van der Waals surface area contributed by atoms with Gasteiger partial charge in [-0.25, -0.2) is 9.88 Å². The largest absolute Gasteiger partial charge is 0.387 e. The zero-order valence-electron chi connectivity index (χ0n) is 7.00. The summed E-state index contributed by atoms with van der Waals surface area (Å²) in [6, 6.07) is 6.06. The average molecular weight is 240 g/mol. The lowest BCUT2D eigenvalue weighted by molar-refractivity contribution is 0.858. The Morgan fingerprint density at radius 2 is 2.31 bits per heavy atom. The van der Waals surface area contributed by atoms with Gasteiger partial charge in [-0.2, -0.15) is 0 Å². The van der Waals surface area contributed by atoms with Gasteiger partial charge in [0.05, 0.1) is 21.8 Å². The lowest BCUT2D eigenvalue weighted by Crippen LogP contribution is -2.20. The summed E-state index contributed by atoms with van der Waals surface area (Å²) in [5, 5.41) is 3.15. The summed E-state index contributed by atoms with van der Waals surface area (Å²) in [5.41, 5.74) is 3.41. The van der Waals surface area contributed by atoms with Gasteiger partial charge in [0.25, 0.3) is 0 Å². The molecule has 68 valence electrons. The second-order valence-electron chi connectivity index (χ2n) is 2.88. The van der Waals surface area contributed by atoms with Gasteiger partial charge in [0, 0.05) is 12.1 Å². The lowest BCUT2D eigenvalue weighted by atomic mass is 10.0. The Bertz CT molecular complexity index is 347. The van der Waals surface area contributed by atoms with E-state index in [1.54, 1.807) is 0 Å². The van der Waals surface area contributed by atoms with E-state index in [2.05, 4.69) is 27.5 Å². The minimum atomic E-state index is 0.862. The SMILES string of the molecule is NN(Br)c1cccc2c1C=CNC2. The maximum atomic E-state index is 5.63. The predicted molar refractivity (Wildman–Crippen MR) is 57.9 cm³/mol. The van der Waals surface area contributed by atoms with Crippen LogP contribution in [0.3, 0.4) is 0 Å². The van der Waals surface area contributed by atoms with E-state index in [1.807, 2.05) is 24.4 Å². The van der Waals surface area contributed by atoms with E-state index in [4.69, 9.17) is 5.84 Å². The van der Waals surface area contributed by atoms with Crippen LogP contribution in [0.1, 0.15) is 11.1 Å². The van der Waals surface area contributed by atoms with E-state index in [-0.39, 0.29) is 0 Å². The monoisotopic (exact) mass is 239 g/mol. The third-order valence-corrected chi connectivity index (χ3v) is 2.45. The van der Waals surface area contributed by atoms with Gasteiger partial charge in [0.2, 0.25) is 0 Å². The summed E-state index contributed by atoms with van der Waals surface area (Å²) in [7, 11) is 0. The van der Waals surface area contributed by atoms with Gasteiger partial charge in [0.15, 0.2) is 0 Å². The molecular formula is C9H10BrN3. The number of rotatable bonds is 1. The number of nitrogens with one attached hydrogen (secondary N) is 1. The van der Waals surface area contributed by atoms with Crippen LogP contribution in [0.15, 0.2) is 24.4 Å². The normalized spacial score (nSPS) is 13.4. The molecular weight excluding hydrogens is 230 g/mol. The molecule has 0 saturated heterocycles. The molecule has 1 heterocycles. The number of nitrogens with zero attached hydrogens (tertiary/aromatic N) is 1. The fourth-order valence-corrected chi connectivity index (χ4v) is 1.75. The number of nitrogens with two attached hydrogens (primary N) is 1. The fraction of sp³-hybridized carbons (Fsp3) is 0.111. The molecule has 13 heavy (non-hydrogen) atoms. The van der Waals surface area contributed by atoms with Crippen LogP contribution in [-0.2, 0) is 6.54 Å². The zero-order valence-corrected chi connectivity index (χ0v) is 8.58. The first-order valence-electron chi connectivity index (χ1n) is 4.01. The Balaban J connectivity index is 2.54. The van der Waals surface area contributed by atoms with Crippen molar-refractivity contribution in [3.05, 3.63) is 35.5 Å². The average Bonchev–Trinajstić information content (AvgIpc) is 2.17. The van der Waals surface area contributed by atoms with Gasteiger partial charge in [-0.05, 0) is 23.9 Å². The molecule has 1 aliphatic rings. The number of halogens is 1. The van der Waals surface area contributed by atoms with Crippen LogP contribution >= 0.6 is 16.1 Å². The number of anilines is 1. The molecule has 4 heteroatoms. The molecule has 0 unspecified atom stereocenters. The topological polar surface area (TPSA) is 41.3 Å². The van der Waals surface area contributed by atoms with Gasteiger partial charge in [-0.3, -0.25) is 0 Å². The highest BCUT2D eigenvalue weighted by Crippen LogP contribution is 2.26. The molecule has 0 spiro atoms. The van der Waals surface area contributed by atoms with Crippen molar-refractivity contribution in [2.45, 2.75) is 6.54 Å². The van der Waals surface area contributed by atoms with Crippen LogP contribution in [0.2, 0.25) is 0 Å². The molecule has 0 atom stereocenters. The Morgan fingerprint density at radius 1 is 1.46 bits per heavy atom. The third kappa shape index (κ3) is 1.55. The number of fused-ring (bicyclic) bond motifs is 1. The molecule has 0 amide bonds. The Labute approximate surface area is 85.5 Å². The first-order valence-corrected chi connectivity index (χ1v) is 4.72. The molecule has 1 aromatic rings. The van der Waals surface area contributed by atoms with Gasteiger partial charge in [0.1, 0.15) is 0 Å². The second kappa shape index (κ2) is 3.40. The smallest absolute Gasteiger partial charge is 0.0722 e. The van der Waals surface area contributed by atoms with Crippen LogP contribution in [0.25, 0.3) is 6.08 Å². The van der Waals surface area contributed by atoms with E-state index >= 15 is 0 Å². The molecule has 0 aromatic heterocycles. The highest BCUT2D eigenvalue weighted by molar-refractivity contribution is 9.10.